The third-order valence-electron chi connectivity index (χ3n) is 3.82. The Balaban J connectivity index is -0.00000120. The molecule has 0 aromatic heterocycles. The van der Waals surface area contributed by atoms with Gasteiger partial charge in [0, 0.05) is 32.7 Å². The molecule has 5 nitrogen and oxygen atoms in total. The Morgan fingerprint density at radius 1 is 1.18 bits per heavy atom. The molecule has 1 aliphatic heterocycles. The summed E-state index contributed by atoms with van der Waals surface area (Å²) in [7, 11) is 2.16. The fourth-order valence-corrected chi connectivity index (χ4v) is 2.41. The zero-order valence-corrected chi connectivity index (χ0v) is 16.4. The average molecular weight is 380 g/mol. The van der Waals surface area contributed by atoms with Crippen molar-refractivity contribution >= 4 is 43.1 Å². The van der Waals surface area contributed by atoms with Crippen LogP contribution in [0.1, 0.15) is 33.1 Å². The Hall–Kier alpha value is 0.220. The zero-order valence-electron chi connectivity index (χ0n) is 14.0. The van der Waals surface area contributed by atoms with Crippen LogP contribution in [0, 0.1) is 0 Å². The van der Waals surface area contributed by atoms with Crippen LogP contribution in [0.25, 0.3) is 0 Å². The highest BCUT2D eigenvalue weighted by molar-refractivity contribution is 5.86. The number of hydrogen-bond acceptors (Lipinski definition) is 4. The molecular formula is C14H33Cl3N4O. The molecule has 0 aromatic rings. The smallest absolute Gasteiger partial charge is 0.239 e. The number of hydrogen-bond donors (Lipinski definition) is 2. The summed E-state index contributed by atoms with van der Waals surface area (Å²) in [6, 6.07) is 0. The van der Waals surface area contributed by atoms with Gasteiger partial charge in [-0.25, -0.2) is 0 Å². The summed E-state index contributed by atoms with van der Waals surface area (Å²) in [6.45, 7) is 10.2. The largest absolute Gasteiger partial charge is 0.354 e. The first kappa shape index (κ1) is 27.1. The van der Waals surface area contributed by atoms with Crippen LogP contribution >= 0.6 is 37.2 Å². The Labute approximate surface area is 154 Å². The van der Waals surface area contributed by atoms with Crippen LogP contribution in [0.4, 0.5) is 0 Å². The Morgan fingerprint density at radius 2 is 1.73 bits per heavy atom. The van der Waals surface area contributed by atoms with E-state index in [1.165, 1.54) is 0 Å². The van der Waals surface area contributed by atoms with Crippen LogP contribution in [0.5, 0.6) is 0 Å². The van der Waals surface area contributed by atoms with Gasteiger partial charge in [0.05, 0.1) is 5.54 Å². The highest BCUT2D eigenvalue weighted by atomic mass is 35.5. The maximum atomic E-state index is 11.9. The molecule has 1 saturated heterocycles. The number of amides is 1. The first-order chi connectivity index (χ1) is 8.95. The summed E-state index contributed by atoms with van der Waals surface area (Å²) in [6.07, 6.45) is 2.66. The maximum absolute atomic E-state index is 11.9. The molecule has 8 heteroatoms. The number of piperazine rings is 1. The average Bonchev–Trinajstić information content (AvgIpc) is 2.36. The molecule has 1 unspecified atom stereocenters. The lowest BCUT2D eigenvalue weighted by Crippen LogP contribution is -2.52. The van der Waals surface area contributed by atoms with E-state index in [1.54, 1.807) is 0 Å². The first-order valence-electron chi connectivity index (χ1n) is 7.44. The third-order valence-corrected chi connectivity index (χ3v) is 3.82. The van der Waals surface area contributed by atoms with Crippen LogP contribution in [-0.2, 0) is 4.79 Å². The van der Waals surface area contributed by atoms with Gasteiger partial charge in [0.15, 0.2) is 0 Å². The van der Waals surface area contributed by atoms with Crippen molar-refractivity contribution in [2.45, 2.75) is 38.6 Å². The number of rotatable bonds is 7. The minimum atomic E-state index is -0.720. The van der Waals surface area contributed by atoms with Crippen LogP contribution < -0.4 is 11.1 Å². The van der Waals surface area contributed by atoms with Gasteiger partial charge in [0.25, 0.3) is 0 Å². The van der Waals surface area contributed by atoms with Crippen molar-refractivity contribution in [3.63, 3.8) is 0 Å². The number of nitrogens with zero attached hydrogens (tertiary/aromatic N) is 2. The maximum Gasteiger partial charge on any atom is 0.239 e. The summed E-state index contributed by atoms with van der Waals surface area (Å²) < 4.78 is 0. The normalized spacial score (nSPS) is 18.2. The third kappa shape index (κ3) is 10.1. The lowest BCUT2D eigenvalue weighted by atomic mass is 9.96. The number of halogens is 3. The van der Waals surface area contributed by atoms with E-state index in [1.807, 2.05) is 13.8 Å². The minimum Gasteiger partial charge on any atom is -0.354 e. The number of nitrogens with one attached hydrogen (secondary N) is 1. The van der Waals surface area contributed by atoms with Crippen molar-refractivity contribution in [1.29, 1.82) is 0 Å². The minimum absolute atomic E-state index is 0. The molecule has 0 spiro atoms. The molecule has 136 valence electrons. The van der Waals surface area contributed by atoms with Crippen LogP contribution in [0.2, 0.25) is 0 Å². The number of nitrogens with two attached hydrogens (primary N) is 1. The molecule has 1 aliphatic rings. The lowest BCUT2D eigenvalue weighted by molar-refractivity contribution is -0.126. The number of carbonyl (C=O) groups excluding carboxylic acids is 1. The second kappa shape index (κ2) is 13.6. The van der Waals surface area contributed by atoms with Crippen LogP contribution in [0.15, 0.2) is 0 Å². The molecule has 1 heterocycles. The standard InChI is InChI=1S/C14H30N4O.3ClH/c1-4-6-14(2,15)13(19)16-7-5-8-18-11-9-17(3)10-12-18;;;/h4-12,15H2,1-3H3,(H,16,19);3*1H. The van der Waals surface area contributed by atoms with Gasteiger partial charge >= 0.3 is 0 Å². The van der Waals surface area contributed by atoms with Crippen molar-refractivity contribution in [2.24, 2.45) is 5.73 Å². The molecular weight excluding hydrogens is 347 g/mol. The fraction of sp³-hybridized carbons (Fsp3) is 0.929. The van der Waals surface area contributed by atoms with Gasteiger partial charge in [0.1, 0.15) is 0 Å². The van der Waals surface area contributed by atoms with Crippen molar-refractivity contribution in [3.8, 4) is 0 Å². The van der Waals surface area contributed by atoms with Crippen molar-refractivity contribution < 1.29 is 4.79 Å². The fourth-order valence-electron chi connectivity index (χ4n) is 2.41. The Bertz CT molecular complexity index is 285. The number of carbonyl (C=O) groups is 1. The monoisotopic (exact) mass is 378 g/mol. The predicted molar refractivity (Wildman–Crippen MR) is 101 cm³/mol. The summed E-state index contributed by atoms with van der Waals surface area (Å²) in [4.78, 5) is 16.7. The molecule has 0 saturated carbocycles. The van der Waals surface area contributed by atoms with Crippen molar-refractivity contribution in [1.82, 2.24) is 15.1 Å². The van der Waals surface area contributed by atoms with Gasteiger partial charge in [-0.15, -0.1) is 37.2 Å². The molecule has 0 bridgehead atoms. The van der Waals surface area contributed by atoms with Gasteiger partial charge in [-0.2, -0.15) is 0 Å². The van der Waals surface area contributed by atoms with E-state index >= 15 is 0 Å². The van der Waals surface area contributed by atoms with E-state index in [0.717, 1.165) is 58.5 Å². The summed E-state index contributed by atoms with van der Waals surface area (Å²) in [5.74, 6) is -0.0206. The highest BCUT2D eigenvalue weighted by Gasteiger charge is 2.26. The molecule has 1 atom stereocenters. The van der Waals surface area contributed by atoms with Crippen molar-refractivity contribution in [2.75, 3.05) is 46.3 Å². The molecule has 22 heavy (non-hydrogen) atoms. The Morgan fingerprint density at radius 3 is 2.23 bits per heavy atom. The lowest BCUT2D eigenvalue weighted by Gasteiger charge is -2.32. The van der Waals surface area contributed by atoms with Gasteiger partial charge in [-0.1, -0.05) is 13.3 Å². The molecule has 1 amide bonds. The van der Waals surface area contributed by atoms with Gasteiger partial charge in [-0.3, -0.25) is 4.79 Å². The topological polar surface area (TPSA) is 61.6 Å². The molecule has 1 fully saturated rings. The quantitative estimate of drug-likeness (QED) is 0.658. The Kier molecular flexibility index (Phi) is 16.8. The number of likely N-dealkylation sites (N-methyl/N-ethyl adjacent to an activating group) is 1. The second-order valence-electron chi connectivity index (χ2n) is 5.92. The highest BCUT2D eigenvalue weighted by Crippen LogP contribution is 2.08. The summed E-state index contributed by atoms with van der Waals surface area (Å²) >= 11 is 0. The molecule has 3 N–H and O–H groups in total. The van der Waals surface area contributed by atoms with E-state index in [-0.39, 0.29) is 43.1 Å². The van der Waals surface area contributed by atoms with Gasteiger partial charge in [0.2, 0.25) is 5.91 Å². The van der Waals surface area contributed by atoms with Crippen LogP contribution in [0.3, 0.4) is 0 Å². The molecule has 0 aliphatic carbocycles. The predicted octanol–water partition coefficient (Wildman–Crippen LogP) is 1.52. The van der Waals surface area contributed by atoms with Crippen molar-refractivity contribution in [3.05, 3.63) is 0 Å². The summed E-state index contributed by atoms with van der Waals surface area (Å²) in [5.41, 5.74) is 5.26. The van der Waals surface area contributed by atoms with E-state index in [4.69, 9.17) is 5.73 Å². The van der Waals surface area contributed by atoms with E-state index in [2.05, 4.69) is 22.2 Å². The van der Waals surface area contributed by atoms with Crippen LogP contribution in [-0.4, -0.2) is 67.6 Å². The SMILES string of the molecule is CCCC(C)(N)C(=O)NCCCN1CCN(C)CC1.Cl.Cl.Cl. The van der Waals surface area contributed by atoms with E-state index < -0.39 is 5.54 Å². The van der Waals surface area contributed by atoms with Gasteiger partial charge < -0.3 is 20.9 Å². The summed E-state index contributed by atoms with van der Waals surface area (Å²) in [5, 5.41) is 2.96. The zero-order chi connectivity index (χ0) is 14.3. The first-order valence-corrected chi connectivity index (χ1v) is 7.44. The van der Waals surface area contributed by atoms with E-state index in [0.29, 0.717) is 0 Å². The molecule has 1 rings (SSSR count). The van der Waals surface area contributed by atoms with Gasteiger partial charge in [-0.05, 0) is 33.4 Å². The molecule has 0 aromatic carbocycles. The van der Waals surface area contributed by atoms with E-state index in [9.17, 15) is 4.79 Å². The molecule has 0 radical (unpaired) electrons. The second-order valence-corrected chi connectivity index (χ2v) is 5.92.